The van der Waals surface area contributed by atoms with Gasteiger partial charge in [-0.05, 0) is 30.3 Å². The van der Waals surface area contributed by atoms with E-state index in [0.717, 1.165) is 12.3 Å². The molecule has 0 unspecified atom stereocenters. The largest absolute Gasteiger partial charge is 0.502 e. The van der Waals surface area contributed by atoms with Crippen LogP contribution in [0.1, 0.15) is 5.56 Å². The summed E-state index contributed by atoms with van der Waals surface area (Å²) in [6.07, 6.45) is 1.07. The highest BCUT2D eigenvalue weighted by molar-refractivity contribution is 6.31. The van der Waals surface area contributed by atoms with Crippen LogP contribution in [0, 0.1) is 10.1 Å². The second kappa shape index (κ2) is 8.67. The summed E-state index contributed by atoms with van der Waals surface area (Å²) in [6, 6.07) is 9.29. The number of carbonyl (C=O) groups is 1. The third-order valence-corrected chi connectivity index (χ3v) is 3.43. The van der Waals surface area contributed by atoms with E-state index in [0.29, 0.717) is 11.4 Å². The maximum atomic E-state index is 11.7. The lowest BCUT2D eigenvalue weighted by atomic mass is 10.2. The van der Waals surface area contributed by atoms with E-state index in [-0.39, 0.29) is 17.1 Å². The summed E-state index contributed by atoms with van der Waals surface area (Å²) in [5.74, 6) is -0.345. The number of hydrogen-bond donors (Lipinski definition) is 3. The zero-order valence-corrected chi connectivity index (χ0v) is 14.4. The molecule has 0 saturated carbocycles. The lowest BCUT2D eigenvalue weighted by molar-refractivity contribution is -0.385. The van der Waals surface area contributed by atoms with Crippen molar-refractivity contribution in [2.75, 3.05) is 19.0 Å². The number of rotatable bonds is 7. The molecule has 10 heteroatoms. The van der Waals surface area contributed by atoms with Gasteiger partial charge in [0.15, 0.2) is 0 Å². The number of ether oxygens (including phenoxy) is 1. The molecule has 26 heavy (non-hydrogen) atoms. The summed E-state index contributed by atoms with van der Waals surface area (Å²) in [5.41, 5.74) is 2.41. The molecule has 1 amide bonds. The molecule has 0 heterocycles. The molecule has 0 saturated heterocycles. The quantitative estimate of drug-likeness (QED) is 0.386. The van der Waals surface area contributed by atoms with Crippen LogP contribution in [0.4, 0.5) is 11.4 Å². The van der Waals surface area contributed by atoms with E-state index in [4.69, 9.17) is 16.3 Å². The average Bonchev–Trinajstić information content (AvgIpc) is 2.62. The molecule has 136 valence electrons. The number of benzene rings is 2. The number of phenolic OH excluding ortho intramolecular Hbond substituents is 1. The summed E-state index contributed by atoms with van der Waals surface area (Å²) in [6.45, 7) is -0.0503. The first kappa shape index (κ1) is 19.0. The van der Waals surface area contributed by atoms with E-state index in [1.54, 1.807) is 31.4 Å². The third-order valence-electron chi connectivity index (χ3n) is 3.22. The van der Waals surface area contributed by atoms with E-state index in [1.807, 2.05) is 0 Å². The summed E-state index contributed by atoms with van der Waals surface area (Å²) in [5, 5.41) is 27.2. The summed E-state index contributed by atoms with van der Waals surface area (Å²) >= 11 is 5.76. The molecular weight excluding hydrogens is 364 g/mol. The minimum Gasteiger partial charge on any atom is -0.502 e. The van der Waals surface area contributed by atoms with Crippen molar-refractivity contribution in [2.24, 2.45) is 5.10 Å². The Labute approximate surface area is 153 Å². The minimum absolute atomic E-state index is 0.00705. The van der Waals surface area contributed by atoms with Gasteiger partial charge in [-0.1, -0.05) is 11.6 Å². The molecule has 3 N–H and O–H groups in total. The normalized spacial score (nSPS) is 10.5. The first-order valence-corrected chi connectivity index (χ1v) is 7.65. The number of carbonyl (C=O) groups excluding carboxylic acids is 1. The number of nitro benzene ring substituents is 1. The van der Waals surface area contributed by atoms with Crippen LogP contribution in [-0.2, 0) is 4.79 Å². The topological polar surface area (TPSA) is 126 Å². The second-order valence-corrected chi connectivity index (χ2v) is 5.43. The van der Waals surface area contributed by atoms with Crippen LogP contribution >= 0.6 is 11.6 Å². The highest BCUT2D eigenvalue weighted by Gasteiger charge is 2.17. The molecule has 0 aliphatic rings. The molecule has 9 nitrogen and oxygen atoms in total. The van der Waals surface area contributed by atoms with Gasteiger partial charge in [0, 0.05) is 22.3 Å². The predicted octanol–water partition coefficient (Wildman–Crippen LogP) is 2.52. The van der Waals surface area contributed by atoms with E-state index < -0.39 is 22.3 Å². The summed E-state index contributed by atoms with van der Waals surface area (Å²) in [4.78, 5) is 21.8. The fourth-order valence-corrected chi connectivity index (χ4v) is 2.17. The maximum Gasteiger partial charge on any atom is 0.312 e. The Kier molecular flexibility index (Phi) is 6.34. The lowest BCUT2D eigenvalue weighted by Crippen LogP contribution is -2.25. The molecule has 0 fully saturated rings. The number of amides is 1. The number of hydrazone groups is 1. The first-order chi connectivity index (χ1) is 12.4. The fraction of sp³-hybridized carbons (Fsp3) is 0.125. The van der Waals surface area contributed by atoms with E-state index >= 15 is 0 Å². The molecular formula is C16H15ClN4O5. The van der Waals surface area contributed by atoms with Crippen molar-refractivity contribution >= 4 is 35.1 Å². The number of anilines is 1. The van der Waals surface area contributed by atoms with Gasteiger partial charge in [-0.2, -0.15) is 5.10 Å². The van der Waals surface area contributed by atoms with Crippen LogP contribution in [0.2, 0.25) is 5.02 Å². The number of phenols is 1. The first-order valence-electron chi connectivity index (χ1n) is 7.27. The SMILES string of the molecule is COc1ccc(NCC(=O)N/N=C/c2cc(Cl)cc([N+](=O)[O-])c2O)cc1. The van der Waals surface area contributed by atoms with Crippen molar-refractivity contribution in [1.29, 1.82) is 0 Å². The molecule has 0 aliphatic carbocycles. The van der Waals surface area contributed by atoms with Gasteiger partial charge < -0.3 is 15.2 Å². The zero-order chi connectivity index (χ0) is 19.1. The molecule has 0 atom stereocenters. The van der Waals surface area contributed by atoms with Gasteiger partial charge in [0.25, 0.3) is 5.91 Å². The van der Waals surface area contributed by atoms with Crippen molar-refractivity contribution in [1.82, 2.24) is 5.43 Å². The molecule has 0 bridgehead atoms. The Hall–Kier alpha value is -3.33. The molecule has 0 aromatic heterocycles. The molecule has 2 aromatic rings. The Morgan fingerprint density at radius 2 is 2.08 bits per heavy atom. The van der Waals surface area contributed by atoms with Crippen LogP contribution in [0.5, 0.6) is 11.5 Å². The zero-order valence-electron chi connectivity index (χ0n) is 13.6. The van der Waals surface area contributed by atoms with Gasteiger partial charge in [-0.3, -0.25) is 14.9 Å². The highest BCUT2D eigenvalue weighted by Crippen LogP contribution is 2.32. The fourth-order valence-electron chi connectivity index (χ4n) is 1.95. The molecule has 2 rings (SSSR count). The number of hydrogen-bond acceptors (Lipinski definition) is 7. The number of nitrogens with zero attached hydrogens (tertiary/aromatic N) is 2. The Bertz CT molecular complexity index is 839. The van der Waals surface area contributed by atoms with E-state index in [1.165, 1.54) is 6.07 Å². The lowest BCUT2D eigenvalue weighted by Gasteiger charge is -2.06. The van der Waals surface area contributed by atoms with E-state index in [9.17, 15) is 20.0 Å². The molecule has 0 spiro atoms. The van der Waals surface area contributed by atoms with E-state index in [2.05, 4.69) is 15.8 Å². The van der Waals surface area contributed by atoms with Crippen LogP contribution < -0.4 is 15.5 Å². The third kappa shape index (κ3) is 5.08. The average molecular weight is 379 g/mol. The summed E-state index contributed by atoms with van der Waals surface area (Å²) in [7, 11) is 1.56. The van der Waals surface area contributed by atoms with Crippen molar-refractivity contribution in [2.45, 2.75) is 0 Å². The Balaban J connectivity index is 1.93. The molecule has 0 radical (unpaired) electrons. The van der Waals surface area contributed by atoms with Gasteiger partial charge in [0.2, 0.25) is 5.75 Å². The maximum absolute atomic E-state index is 11.7. The van der Waals surface area contributed by atoms with Gasteiger partial charge in [-0.25, -0.2) is 5.43 Å². The number of aromatic hydroxyl groups is 1. The second-order valence-electron chi connectivity index (χ2n) is 5.00. The van der Waals surface area contributed by atoms with Crippen LogP contribution in [0.3, 0.4) is 0 Å². The van der Waals surface area contributed by atoms with Gasteiger partial charge in [0.05, 0.1) is 24.8 Å². The van der Waals surface area contributed by atoms with Crippen molar-refractivity contribution < 1.29 is 19.6 Å². The van der Waals surface area contributed by atoms with Gasteiger partial charge in [0.1, 0.15) is 5.75 Å². The van der Waals surface area contributed by atoms with Crippen LogP contribution in [-0.4, -0.2) is 35.8 Å². The summed E-state index contributed by atoms with van der Waals surface area (Å²) < 4.78 is 5.03. The molecule has 0 aliphatic heterocycles. The van der Waals surface area contributed by atoms with Crippen LogP contribution in [0.25, 0.3) is 0 Å². The van der Waals surface area contributed by atoms with Crippen molar-refractivity contribution in [3.05, 3.63) is 57.1 Å². The Morgan fingerprint density at radius 1 is 1.38 bits per heavy atom. The number of halogens is 1. The van der Waals surface area contributed by atoms with Crippen LogP contribution in [0.15, 0.2) is 41.5 Å². The highest BCUT2D eigenvalue weighted by atomic mass is 35.5. The minimum atomic E-state index is -0.768. The molecule has 2 aromatic carbocycles. The predicted molar refractivity (Wildman–Crippen MR) is 97.0 cm³/mol. The smallest absolute Gasteiger partial charge is 0.312 e. The number of nitrogens with one attached hydrogen (secondary N) is 2. The van der Waals surface area contributed by atoms with Crippen molar-refractivity contribution in [3.63, 3.8) is 0 Å². The number of methoxy groups -OCH3 is 1. The van der Waals surface area contributed by atoms with Gasteiger partial charge in [-0.15, -0.1) is 0 Å². The van der Waals surface area contributed by atoms with Crippen molar-refractivity contribution in [3.8, 4) is 11.5 Å². The van der Waals surface area contributed by atoms with Gasteiger partial charge >= 0.3 is 5.69 Å². The number of nitro groups is 1. The Morgan fingerprint density at radius 3 is 2.69 bits per heavy atom. The standard InChI is InChI=1S/C16H15ClN4O5/c1-26-13-4-2-12(3-5-13)18-9-15(22)20-19-8-10-6-11(17)7-14(16(10)23)21(24)25/h2-8,18,23H,9H2,1H3,(H,20,22)/b19-8+. The monoisotopic (exact) mass is 378 g/mol.